The summed E-state index contributed by atoms with van der Waals surface area (Å²) in [5.41, 5.74) is 0.470. The SMILES string of the molecule is COC(=O)C(COc1cccc(OC)c1)c1ccccc1O. The molecule has 2 rings (SSSR count). The van der Waals surface area contributed by atoms with Crippen molar-refractivity contribution in [1.82, 2.24) is 0 Å². The Morgan fingerprint density at radius 2 is 1.82 bits per heavy atom. The van der Waals surface area contributed by atoms with Crippen LogP contribution in [0.5, 0.6) is 17.2 Å². The van der Waals surface area contributed by atoms with Crippen LogP contribution in [0, 0.1) is 0 Å². The summed E-state index contributed by atoms with van der Waals surface area (Å²) >= 11 is 0. The van der Waals surface area contributed by atoms with E-state index in [4.69, 9.17) is 14.2 Å². The maximum atomic E-state index is 12.0. The molecule has 0 bridgehead atoms. The number of hydrogen-bond donors (Lipinski definition) is 1. The van der Waals surface area contributed by atoms with Gasteiger partial charge in [0.1, 0.15) is 29.8 Å². The molecule has 1 unspecified atom stereocenters. The zero-order valence-electron chi connectivity index (χ0n) is 12.5. The molecule has 22 heavy (non-hydrogen) atoms. The fraction of sp³-hybridized carbons (Fsp3) is 0.235. The third kappa shape index (κ3) is 3.69. The molecule has 5 heteroatoms. The van der Waals surface area contributed by atoms with Gasteiger partial charge in [-0.3, -0.25) is 4.79 Å². The monoisotopic (exact) mass is 302 g/mol. The molecular weight excluding hydrogens is 284 g/mol. The minimum atomic E-state index is -0.711. The molecule has 1 N–H and O–H groups in total. The first-order valence-corrected chi connectivity index (χ1v) is 6.78. The zero-order chi connectivity index (χ0) is 15.9. The average Bonchev–Trinajstić information content (AvgIpc) is 2.56. The second kappa shape index (κ2) is 7.36. The van der Waals surface area contributed by atoms with Crippen LogP contribution in [-0.2, 0) is 9.53 Å². The predicted molar refractivity (Wildman–Crippen MR) is 81.4 cm³/mol. The number of phenolic OH excluding ortho intramolecular Hbond substituents is 1. The Kier molecular flexibility index (Phi) is 5.25. The van der Waals surface area contributed by atoms with E-state index >= 15 is 0 Å². The molecule has 0 aliphatic carbocycles. The molecule has 5 nitrogen and oxygen atoms in total. The summed E-state index contributed by atoms with van der Waals surface area (Å²) in [7, 11) is 2.87. The number of rotatable bonds is 6. The van der Waals surface area contributed by atoms with Crippen LogP contribution < -0.4 is 9.47 Å². The number of aromatic hydroxyl groups is 1. The molecule has 116 valence electrons. The zero-order valence-corrected chi connectivity index (χ0v) is 12.5. The number of hydrogen-bond acceptors (Lipinski definition) is 5. The van der Waals surface area contributed by atoms with Gasteiger partial charge in [-0.1, -0.05) is 24.3 Å². The number of methoxy groups -OCH3 is 2. The summed E-state index contributed by atoms with van der Waals surface area (Å²) in [4.78, 5) is 12.0. The number of benzene rings is 2. The lowest BCUT2D eigenvalue weighted by Crippen LogP contribution is -2.21. The first-order chi connectivity index (χ1) is 10.7. The maximum Gasteiger partial charge on any atom is 0.316 e. The normalized spacial score (nSPS) is 11.5. The van der Waals surface area contributed by atoms with Gasteiger partial charge in [-0.2, -0.15) is 0 Å². The Morgan fingerprint density at radius 1 is 1.09 bits per heavy atom. The van der Waals surface area contributed by atoms with Gasteiger partial charge in [0.15, 0.2) is 0 Å². The topological polar surface area (TPSA) is 65.0 Å². The third-order valence-corrected chi connectivity index (χ3v) is 3.26. The molecule has 0 amide bonds. The smallest absolute Gasteiger partial charge is 0.316 e. The highest BCUT2D eigenvalue weighted by molar-refractivity contribution is 5.79. The van der Waals surface area contributed by atoms with E-state index in [9.17, 15) is 9.90 Å². The van der Waals surface area contributed by atoms with E-state index in [2.05, 4.69) is 0 Å². The highest BCUT2D eigenvalue weighted by Gasteiger charge is 2.25. The lowest BCUT2D eigenvalue weighted by Gasteiger charge is -2.17. The molecule has 0 saturated carbocycles. The van der Waals surface area contributed by atoms with Crippen molar-refractivity contribution in [3.63, 3.8) is 0 Å². The van der Waals surface area contributed by atoms with Crippen LogP contribution in [0.15, 0.2) is 48.5 Å². The number of carbonyl (C=O) groups is 1. The van der Waals surface area contributed by atoms with Gasteiger partial charge in [0, 0.05) is 11.6 Å². The number of phenols is 1. The van der Waals surface area contributed by atoms with Crippen LogP contribution in [0.2, 0.25) is 0 Å². The number of esters is 1. The third-order valence-electron chi connectivity index (χ3n) is 3.26. The van der Waals surface area contributed by atoms with Gasteiger partial charge in [0.05, 0.1) is 14.2 Å². The average molecular weight is 302 g/mol. The van der Waals surface area contributed by atoms with Crippen LogP contribution in [0.4, 0.5) is 0 Å². The van der Waals surface area contributed by atoms with E-state index < -0.39 is 11.9 Å². The fourth-order valence-electron chi connectivity index (χ4n) is 2.08. The molecule has 0 aliphatic rings. The van der Waals surface area contributed by atoms with Gasteiger partial charge in [0.2, 0.25) is 0 Å². The van der Waals surface area contributed by atoms with Crippen molar-refractivity contribution in [2.45, 2.75) is 5.92 Å². The van der Waals surface area contributed by atoms with Crippen molar-refractivity contribution in [1.29, 1.82) is 0 Å². The van der Waals surface area contributed by atoms with E-state index in [0.29, 0.717) is 17.1 Å². The minimum absolute atomic E-state index is 0.0344. The van der Waals surface area contributed by atoms with Gasteiger partial charge in [-0.15, -0.1) is 0 Å². The Hall–Kier alpha value is -2.69. The molecular formula is C17H18O5. The van der Waals surface area contributed by atoms with E-state index in [0.717, 1.165) is 0 Å². The van der Waals surface area contributed by atoms with E-state index in [1.807, 2.05) is 0 Å². The quantitative estimate of drug-likeness (QED) is 0.831. The first kappa shape index (κ1) is 15.7. The molecule has 0 spiro atoms. The lowest BCUT2D eigenvalue weighted by molar-refractivity contribution is -0.143. The van der Waals surface area contributed by atoms with Crippen LogP contribution in [0.25, 0.3) is 0 Å². The molecule has 0 heterocycles. The molecule has 2 aromatic rings. The largest absolute Gasteiger partial charge is 0.508 e. The maximum absolute atomic E-state index is 12.0. The Morgan fingerprint density at radius 3 is 2.50 bits per heavy atom. The highest BCUT2D eigenvalue weighted by atomic mass is 16.5. The van der Waals surface area contributed by atoms with Crippen LogP contribution in [0.1, 0.15) is 11.5 Å². The van der Waals surface area contributed by atoms with E-state index in [1.165, 1.54) is 13.2 Å². The second-order valence-corrected chi connectivity index (χ2v) is 4.62. The predicted octanol–water partition coefficient (Wildman–Crippen LogP) is 2.74. The summed E-state index contributed by atoms with van der Waals surface area (Å²) in [6.45, 7) is 0.0530. The van der Waals surface area contributed by atoms with E-state index in [-0.39, 0.29) is 12.4 Å². The first-order valence-electron chi connectivity index (χ1n) is 6.78. The number of para-hydroxylation sites is 1. The standard InChI is InChI=1S/C17H18O5/c1-20-12-6-5-7-13(10-12)22-11-15(17(19)21-2)14-8-3-4-9-16(14)18/h3-10,15,18H,11H2,1-2H3. The lowest BCUT2D eigenvalue weighted by atomic mass is 9.99. The van der Waals surface area contributed by atoms with E-state index in [1.54, 1.807) is 49.6 Å². The van der Waals surface area contributed by atoms with Crippen LogP contribution in [-0.4, -0.2) is 31.9 Å². The van der Waals surface area contributed by atoms with Gasteiger partial charge in [-0.25, -0.2) is 0 Å². The fourth-order valence-corrected chi connectivity index (χ4v) is 2.08. The van der Waals surface area contributed by atoms with Crippen molar-refractivity contribution in [3.05, 3.63) is 54.1 Å². The molecule has 0 aromatic heterocycles. The summed E-state index contributed by atoms with van der Waals surface area (Å²) in [6.07, 6.45) is 0. The van der Waals surface area contributed by atoms with Crippen molar-refractivity contribution in [2.75, 3.05) is 20.8 Å². The Balaban J connectivity index is 2.17. The Labute approximate surface area is 129 Å². The van der Waals surface area contributed by atoms with Gasteiger partial charge in [-0.05, 0) is 18.2 Å². The van der Waals surface area contributed by atoms with Crippen LogP contribution in [0.3, 0.4) is 0 Å². The highest BCUT2D eigenvalue weighted by Crippen LogP contribution is 2.28. The summed E-state index contributed by atoms with van der Waals surface area (Å²) in [5, 5.41) is 9.92. The van der Waals surface area contributed by atoms with Gasteiger partial charge in [0.25, 0.3) is 0 Å². The molecule has 0 saturated heterocycles. The molecule has 0 aliphatic heterocycles. The van der Waals surface area contributed by atoms with Crippen molar-refractivity contribution < 1.29 is 24.1 Å². The molecule has 0 radical (unpaired) electrons. The molecule has 1 atom stereocenters. The summed E-state index contributed by atoms with van der Waals surface area (Å²) < 4.78 is 15.6. The number of ether oxygens (including phenoxy) is 3. The summed E-state index contributed by atoms with van der Waals surface area (Å²) in [6, 6.07) is 13.7. The summed E-state index contributed by atoms with van der Waals surface area (Å²) in [5.74, 6) is 0.0901. The number of carbonyl (C=O) groups excluding carboxylic acids is 1. The van der Waals surface area contributed by atoms with Crippen molar-refractivity contribution >= 4 is 5.97 Å². The van der Waals surface area contributed by atoms with Crippen molar-refractivity contribution in [2.24, 2.45) is 0 Å². The molecule has 0 fully saturated rings. The second-order valence-electron chi connectivity index (χ2n) is 4.62. The van der Waals surface area contributed by atoms with Gasteiger partial charge < -0.3 is 19.3 Å². The Bertz CT molecular complexity index is 638. The minimum Gasteiger partial charge on any atom is -0.508 e. The van der Waals surface area contributed by atoms with Crippen LogP contribution >= 0.6 is 0 Å². The van der Waals surface area contributed by atoms with Gasteiger partial charge >= 0.3 is 5.97 Å². The van der Waals surface area contributed by atoms with Crippen molar-refractivity contribution in [3.8, 4) is 17.2 Å². The molecule has 2 aromatic carbocycles.